The van der Waals surface area contributed by atoms with Crippen molar-refractivity contribution in [3.8, 4) is 0 Å². The summed E-state index contributed by atoms with van der Waals surface area (Å²) in [6.45, 7) is 8.68. The highest BCUT2D eigenvalue weighted by molar-refractivity contribution is 5.22. The minimum absolute atomic E-state index is 0.125. The number of β-amino-alcohol motifs (C(OH)–C–C–N with tert-alkyl or cyclic N) is 1. The molecule has 1 N–H and O–H groups in total. The van der Waals surface area contributed by atoms with Gasteiger partial charge in [0, 0.05) is 39.3 Å². The maximum atomic E-state index is 9.62. The molecule has 128 valence electrons. The molecule has 2 heterocycles. The van der Waals surface area contributed by atoms with Crippen LogP contribution in [0, 0.1) is 0 Å². The van der Waals surface area contributed by atoms with E-state index < -0.39 is 0 Å². The van der Waals surface area contributed by atoms with Gasteiger partial charge in [-0.15, -0.1) is 0 Å². The Hall–Kier alpha value is -0.940. The van der Waals surface area contributed by atoms with Crippen LogP contribution < -0.4 is 0 Å². The summed E-state index contributed by atoms with van der Waals surface area (Å²) in [6.07, 6.45) is 3.41. The largest absolute Gasteiger partial charge is 0.392 e. The summed E-state index contributed by atoms with van der Waals surface area (Å²) in [5.41, 5.74) is 2.77. The molecule has 1 aromatic rings. The van der Waals surface area contributed by atoms with E-state index in [0.29, 0.717) is 0 Å². The van der Waals surface area contributed by atoms with Crippen molar-refractivity contribution in [3.05, 3.63) is 35.4 Å². The zero-order chi connectivity index (χ0) is 16.1. The summed E-state index contributed by atoms with van der Waals surface area (Å²) < 4.78 is 0. The van der Waals surface area contributed by atoms with E-state index in [1.807, 2.05) is 0 Å². The van der Waals surface area contributed by atoms with Gasteiger partial charge in [0.15, 0.2) is 0 Å². The second-order valence-corrected chi connectivity index (χ2v) is 7.28. The van der Waals surface area contributed by atoms with E-state index in [4.69, 9.17) is 0 Å². The molecule has 0 saturated carbocycles. The topological polar surface area (TPSA) is 30.0 Å². The number of nitrogens with zero attached hydrogens (tertiary/aromatic N) is 3. The van der Waals surface area contributed by atoms with Gasteiger partial charge in [-0.1, -0.05) is 24.3 Å². The summed E-state index contributed by atoms with van der Waals surface area (Å²) in [6, 6.07) is 9.08. The lowest BCUT2D eigenvalue weighted by atomic mass is 10.1. The third-order valence-electron chi connectivity index (χ3n) is 5.14. The minimum Gasteiger partial charge on any atom is -0.392 e. The van der Waals surface area contributed by atoms with Crippen molar-refractivity contribution in [3.63, 3.8) is 0 Å². The normalized spacial score (nSPS) is 25.4. The fraction of sp³-hybridized carbons (Fsp3) is 0.684. The molecule has 4 heteroatoms. The van der Waals surface area contributed by atoms with Crippen LogP contribution in [0.25, 0.3) is 0 Å². The lowest BCUT2D eigenvalue weighted by Crippen LogP contribution is -2.36. The van der Waals surface area contributed by atoms with Gasteiger partial charge in [-0.25, -0.2) is 0 Å². The first-order valence-corrected chi connectivity index (χ1v) is 9.08. The molecule has 3 rings (SSSR count). The molecule has 2 aliphatic heterocycles. The Kier molecular flexibility index (Phi) is 6.06. The monoisotopic (exact) mass is 317 g/mol. The van der Waals surface area contributed by atoms with Crippen LogP contribution in [0.1, 0.15) is 30.4 Å². The lowest BCUT2D eigenvalue weighted by molar-refractivity contribution is 0.175. The molecule has 0 radical (unpaired) electrons. The molecule has 2 fully saturated rings. The Balaban J connectivity index is 1.50. The van der Waals surface area contributed by atoms with Gasteiger partial charge in [0.05, 0.1) is 6.10 Å². The van der Waals surface area contributed by atoms with Gasteiger partial charge < -0.3 is 10.0 Å². The van der Waals surface area contributed by atoms with E-state index in [1.54, 1.807) is 0 Å². The Bertz CT molecular complexity index is 476. The fourth-order valence-corrected chi connectivity index (χ4v) is 3.63. The number of aliphatic hydroxyl groups excluding tert-OH is 1. The van der Waals surface area contributed by atoms with Crippen LogP contribution in [-0.2, 0) is 13.1 Å². The molecule has 0 aromatic heterocycles. The van der Waals surface area contributed by atoms with Crippen LogP contribution in [0.3, 0.4) is 0 Å². The number of hydrogen-bond acceptors (Lipinski definition) is 4. The van der Waals surface area contributed by atoms with Crippen molar-refractivity contribution in [2.75, 3.05) is 46.3 Å². The van der Waals surface area contributed by atoms with Gasteiger partial charge in [-0.3, -0.25) is 9.80 Å². The van der Waals surface area contributed by atoms with Gasteiger partial charge >= 0.3 is 0 Å². The van der Waals surface area contributed by atoms with Gasteiger partial charge in [-0.2, -0.15) is 0 Å². The molecular weight excluding hydrogens is 286 g/mol. The van der Waals surface area contributed by atoms with Crippen LogP contribution in [-0.4, -0.2) is 72.2 Å². The molecule has 0 spiro atoms. The van der Waals surface area contributed by atoms with Crippen LogP contribution >= 0.6 is 0 Å². The summed E-state index contributed by atoms with van der Waals surface area (Å²) in [5, 5.41) is 9.62. The molecule has 2 aliphatic rings. The Morgan fingerprint density at radius 2 is 1.52 bits per heavy atom. The number of rotatable bonds is 4. The minimum atomic E-state index is -0.125. The van der Waals surface area contributed by atoms with Crippen LogP contribution in [0.2, 0.25) is 0 Å². The smallest absolute Gasteiger partial charge is 0.0679 e. The first kappa shape index (κ1) is 16.9. The summed E-state index contributed by atoms with van der Waals surface area (Å²) in [4.78, 5) is 7.37. The average Bonchev–Trinajstić information content (AvgIpc) is 2.93. The van der Waals surface area contributed by atoms with Crippen molar-refractivity contribution in [1.82, 2.24) is 14.7 Å². The van der Waals surface area contributed by atoms with Crippen LogP contribution in [0.15, 0.2) is 24.3 Å². The lowest BCUT2D eigenvalue weighted by Gasteiger charge is -2.28. The van der Waals surface area contributed by atoms with E-state index >= 15 is 0 Å². The first-order chi connectivity index (χ1) is 11.2. The number of hydrogen-bond donors (Lipinski definition) is 1. The molecular formula is C19H31N3O. The molecule has 0 bridgehead atoms. The number of likely N-dealkylation sites (tertiary alicyclic amines) is 1. The SMILES string of the molecule is CN1CCCCN(Cc2ccc(CN3CCC(O)C3)cc2)CC1. The van der Waals surface area contributed by atoms with Gasteiger partial charge in [-0.05, 0) is 50.5 Å². The molecule has 0 aliphatic carbocycles. The van der Waals surface area contributed by atoms with Crippen LogP contribution in [0.5, 0.6) is 0 Å². The molecule has 1 atom stereocenters. The van der Waals surface area contributed by atoms with E-state index in [1.165, 1.54) is 50.1 Å². The first-order valence-electron chi connectivity index (χ1n) is 9.08. The van der Waals surface area contributed by atoms with Gasteiger partial charge in [0.25, 0.3) is 0 Å². The summed E-state index contributed by atoms with van der Waals surface area (Å²) >= 11 is 0. The maximum Gasteiger partial charge on any atom is 0.0679 e. The number of benzene rings is 1. The second kappa shape index (κ2) is 8.25. The molecule has 2 saturated heterocycles. The molecule has 23 heavy (non-hydrogen) atoms. The number of likely N-dealkylation sites (N-methyl/N-ethyl adjacent to an activating group) is 1. The Morgan fingerprint density at radius 3 is 2.17 bits per heavy atom. The standard InChI is InChI=1S/C19H31N3O/c1-20-9-2-3-10-21(13-12-20)14-17-4-6-18(7-5-17)15-22-11-8-19(23)16-22/h4-7,19,23H,2-3,8-16H2,1H3. The van der Waals surface area contributed by atoms with E-state index in [2.05, 4.69) is 46.0 Å². The quantitative estimate of drug-likeness (QED) is 0.917. The van der Waals surface area contributed by atoms with E-state index in [0.717, 1.165) is 32.6 Å². The highest BCUT2D eigenvalue weighted by atomic mass is 16.3. The van der Waals surface area contributed by atoms with Crippen molar-refractivity contribution < 1.29 is 5.11 Å². The van der Waals surface area contributed by atoms with Crippen LogP contribution in [0.4, 0.5) is 0 Å². The van der Waals surface area contributed by atoms with Gasteiger partial charge in [0.1, 0.15) is 0 Å². The highest BCUT2D eigenvalue weighted by Gasteiger charge is 2.19. The van der Waals surface area contributed by atoms with Gasteiger partial charge in [0.2, 0.25) is 0 Å². The Morgan fingerprint density at radius 1 is 0.870 bits per heavy atom. The maximum absolute atomic E-state index is 9.62. The van der Waals surface area contributed by atoms with Crippen molar-refractivity contribution in [2.24, 2.45) is 0 Å². The second-order valence-electron chi connectivity index (χ2n) is 7.28. The number of aliphatic hydroxyl groups is 1. The van der Waals surface area contributed by atoms with Crippen molar-refractivity contribution in [1.29, 1.82) is 0 Å². The Labute approximate surface area is 140 Å². The highest BCUT2D eigenvalue weighted by Crippen LogP contribution is 2.15. The summed E-state index contributed by atoms with van der Waals surface area (Å²) in [5.74, 6) is 0. The van der Waals surface area contributed by atoms with E-state index in [9.17, 15) is 5.11 Å². The fourth-order valence-electron chi connectivity index (χ4n) is 3.63. The predicted octanol–water partition coefficient (Wildman–Crippen LogP) is 1.78. The predicted molar refractivity (Wildman–Crippen MR) is 94.4 cm³/mol. The van der Waals surface area contributed by atoms with Crippen molar-refractivity contribution >= 4 is 0 Å². The molecule has 0 amide bonds. The zero-order valence-electron chi connectivity index (χ0n) is 14.5. The average molecular weight is 317 g/mol. The molecule has 1 aromatic carbocycles. The third kappa shape index (κ3) is 5.28. The van der Waals surface area contributed by atoms with Crippen molar-refractivity contribution in [2.45, 2.75) is 38.5 Å². The molecule has 1 unspecified atom stereocenters. The molecule has 4 nitrogen and oxygen atoms in total. The van der Waals surface area contributed by atoms with E-state index in [-0.39, 0.29) is 6.10 Å². The third-order valence-corrected chi connectivity index (χ3v) is 5.14. The summed E-state index contributed by atoms with van der Waals surface area (Å²) in [7, 11) is 2.23. The zero-order valence-corrected chi connectivity index (χ0v) is 14.5.